The Morgan fingerprint density at radius 2 is 2.28 bits per heavy atom. The number of rotatable bonds is 3. The summed E-state index contributed by atoms with van der Waals surface area (Å²) in [5.41, 5.74) is 0.934. The van der Waals surface area contributed by atoms with Crippen molar-refractivity contribution in [1.29, 1.82) is 0 Å². The Morgan fingerprint density at radius 3 is 2.83 bits per heavy atom. The fraction of sp³-hybridized carbons (Fsp3) is 0.182. The zero-order chi connectivity index (χ0) is 13.3. The molecule has 0 aliphatic rings. The van der Waals surface area contributed by atoms with E-state index in [1.165, 1.54) is 16.8 Å². The summed E-state index contributed by atoms with van der Waals surface area (Å²) in [5, 5.41) is 16.1. The van der Waals surface area contributed by atoms with Crippen LogP contribution in [0.1, 0.15) is 21.7 Å². The normalized spacial score (nSPS) is 10.6. The Hall–Kier alpha value is -1.95. The van der Waals surface area contributed by atoms with E-state index in [-0.39, 0.29) is 17.3 Å². The lowest BCUT2D eigenvalue weighted by atomic mass is 10.2. The van der Waals surface area contributed by atoms with E-state index in [4.69, 9.17) is 16.7 Å². The molecule has 0 bridgehead atoms. The zero-order valence-corrected chi connectivity index (χ0v) is 10.1. The van der Waals surface area contributed by atoms with Crippen LogP contribution in [0, 0.1) is 12.7 Å². The van der Waals surface area contributed by atoms with Crippen LogP contribution >= 0.6 is 11.6 Å². The number of carboxylic acids is 1. The van der Waals surface area contributed by atoms with Gasteiger partial charge in [0.1, 0.15) is 5.82 Å². The van der Waals surface area contributed by atoms with Gasteiger partial charge in [0, 0.05) is 0 Å². The van der Waals surface area contributed by atoms with E-state index in [1.807, 2.05) is 0 Å². The van der Waals surface area contributed by atoms with Crippen LogP contribution in [0.15, 0.2) is 18.2 Å². The van der Waals surface area contributed by atoms with Crippen LogP contribution in [0.2, 0.25) is 5.02 Å². The largest absolute Gasteiger partial charge is 0.476 e. The summed E-state index contributed by atoms with van der Waals surface area (Å²) >= 11 is 5.57. The van der Waals surface area contributed by atoms with E-state index < -0.39 is 11.8 Å². The van der Waals surface area contributed by atoms with E-state index in [0.717, 1.165) is 0 Å². The minimum absolute atomic E-state index is 0.0419. The average molecular weight is 270 g/mol. The quantitative estimate of drug-likeness (QED) is 0.927. The number of benzene rings is 1. The van der Waals surface area contributed by atoms with Crippen LogP contribution in [0.25, 0.3) is 0 Å². The highest BCUT2D eigenvalue weighted by atomic mass is 35.5. The summed E-state index contributed by atoms with van der Waals surface area (Å²) in [7, 11) is 0. The Labute approximate surface area is 107 Å². The van der Waals surface area contributed by atoms with E-state index in [1.54, 1.807) is 13.0 Å². The van der Waals surface area contributed by atoms with Crippen LogP contribution in [0.3, 0.4) is 0 Å². The molecule has 0 atom stereocenters. The smallest absolute Gasteiger partial charge is 0.358 e. The first-order valence-corrected chi connectivity index (χ1v) is 5.44. The van der Waals surface area contributed by atoms with Crippen molar-refractivity contribution in [3.05, 3.63) is 46.0 Å². The first-order chi connectivity index (χ1) is 8.49. The van der Waals surface area contributed by atoms with Crippen molar-refractivity contribution in [3.63, 3.8) is 0 Å². The first-order valence-electron chi connectivity index (χ1n) is 5.06. The van der Waals surface area contributed by atoms with Gasteiger partial charge in [-0.2, -0.15) is 0 Å². The molecule has 5 nitrogen and oxygen atoms in total. The molecule has 7 heteroatoms. The van der Waals surface area contributed by atoms with Crippen LogP contribution in [0.5, 0.6) is 0 Å². The molecule has 2 rings (SSSR count). The number of aromatic nitrogens is 3. The second kappa shape index (κ2) is 4.73. The predicted molar refractivity (Wildman–Crippen MR) is 62.2 cm³/mol. The van der Waals surface area contributed by atoms with Gasteiger partial charge in [0.15, 0.2) is 5.69 Å². The highest BCUT2D eigenvalue weighted by molar-refractivity contribution is 6.30. The lowest BCUT2D eigenvalue weighted by molar-refractivity contribution is 0.0689. The molecule has 0 amide bonds. The maximum absolute atomic E-state index is 13.2. The molecule has 0 spiro atoms. The van der Waals surface area contributed by atoms with E-state index in [2.05, 4.69) is 10.3 Å². The number of nitrogens with zero attached hydrogens (tertiary/aromatic N) is 3. The van der Waals surface area contributed by atoms with Gasteiger partial charge < -0.3 is 5.11 Å². The van der Waals surface area contributed by atoms with E-state index in [9.17, 15) is 9.18 Å². The predicted octanol–water partition coefficient (Wildman–Crippen LogP) is 2.13. The molecule has 1 aromatic heterocycles. The van der Waals surface area contributed by atoms with Gasteiger partial charge in [0.05, 0.1) is 17.3 Å². The fourth-order valence-electron chi connectivity index (χ4n) is 1.52. The van der Waals surface area contributed by atoms with Gasteiger partial charge in [0.2, 0.25) is 0 Å². The highest BCUT2D eigenvalue weighted by Crippen LogP contribution is 2.16. The molecule has 18 heavy (non-hydrogen) atoms. The van der Waals surface area contributed by atoms with Crippen molar-refractivity contribution < 1.29 is 14.3 Å². The molecule has 0 aliphatic heterocycles. The molecule has 0 aliphatic carbocycles. The van der Waals surface area contributed by atoms with Gasteiger partial charge in [-0.3, -0.25) is 0 Å². The van der Waals surface area contributed by atoms with E-state index >= 15 is 0 Å². The minimum Gasteiger partial charge on any atom is -0.476 e. The van der Waals surface area contributed by atoms with E-state index in [0.29, 0.717) is 11.3 Å². The van der Waals surface area contributed by atoms with Gasteiger partial charge >= 0.3 is 5.97 Å². The maximum atomic E-state index is 13.2. The summed E-state index contributed by atoms with van der Waals surface area (Å²) < 4.78 is 14.6. The summed E-state index contributed by atoms with van der Waals surface area (Å²) in [4.78, 5) is 10.8. The van der Waals surface area contributed by atoms with Crippen LogP contribution in [-0.4, -0.2) is 26.1 Å². The molecule has 1 heterocycles. The molecule has 0 saturated carbocycles. The molecule has 94 valence electrons. The number of carbonyl (C=O) groups is 1. The van der Waals surface area contributed by atoms with Crippen molar-refractivity contribution in [3.8, 4) is 0 Å². The molecule has 1 N–H and O–H groups in total. The summed E-state index contributed by atoms with van der Waals surface area (Å²) in [6.07, 6.45) is 0. The topological polar surface area (TPSA) is 68.0 Å². The van der Waals surface area contributed by atoms with Crippen molar-refractivity contribution >= 4 is 17.6 Å². The Balaban J connectivity index is 2.29. The third-order valence-electron chi connectivity index (χ3n) is 2.50. The van der Waals surface area contributed by atoms with Crippen molar-refractivity contribution in [1.82, 2.24) is 15.0 Å². The summed E-state index contributed by atoms with van der Waals surface area (Å²) in [6.45, 7) is 1.83. The van der Waals surface area contributed by atoms with Gasteiger partial charge in [-0.05, 0) is 24.6 Å². The van der Waals surface area contributed by atoms with Gasteiger partial charge in [-0.15, -0.1) is 5.10 Å². The Morgan fingerprint density at radius 1 is 1.56 bits per heavy atom. The lowest BCUT2D eigenvalue weighted by Crippen LogP contribution is -2.06. The first kappa shape index (κ1) is 12.5. The highest BCUT2D eigenvalue weighted by Gasteiger charge is 2.15. The second-order valence-electron chi connectivity index (χ2n) is 3.73. The average Bonchev–Trinajstić information content (AvgIpc) is 2.66. The maximum Gasteiger partial charge on any atom is 0.358 e. The van der Waals surface area contributed by atoms with Crippen molar-refractivity contribution in [2.24, 2.45) is 0 Å². The Kier molecular flexibility index (Phi) is 3.29. The van der Waals surface area contributed by atoms with Crippen molar-refractivity contribution in [2.75, 3.05) is 0 Å². The number of carboxylic acid groups (broad SMARTS) is 1. The molecule has 0 saturated heterocycles. The standard InChI is InChI=1S/C11H9ClFN3O2/c1-6-10(11(17)18)14-15-16(6)5-7-2-3-8(12)9(13)4-7/h2-4H,5H2,1H3,(H,17,18). The van der Waals surface area contributed by atoms with Crippen LogP contribution in [0.4, 0.5) is 4.39 Å². The summed E-state index contributed by atoms with van der Waals surface area (Å²) in [6, 6.07) is 4.37. The minimum atomic E-state index is -1.14. The Bertz CT molecular complexity index is 612. The third-order valence-corrected chi connectivity index (χ3v) is 2.81. The molecule has 0 unspecified atom stereocenters. The third kappa shape index (κ3) is 2.33. The molecular formula is C11H9ClFN3O2. The number of aromatic carboxylic acids is 1. The van der Waals surface area contributed by atoms with Crippen molar-refractivity contribution in [2.45, 2.75) is 13.5 Å². The molecule has 0 radical (unpaired) electrons. The molecule has 1 aromatic carbocycles. The lowest BCUT2D eigenvalue weighted by Gasteiger charge is -2.04. The van der Waals surface area contributed by atoms with Gasteiger partial charge in [0.25, 0.3) is 0 Å². The van der Waals surface area contributed by atoms with Gasteiger partial charge in [-0.1, -0.05) is 22.9 Å². The van der Waals surface area contributed by atoms with Crippen LogP contribution in [-0.2, 0) is 6.54 Å². The number of hydrogen-bond acceptors (Lipinski definition) is 3. The fourth-order valence-corrected chi connectivity index (χ4v) is 1.64. The van der Waals surface area contributed by atoms with Crippen LogP contribution < -0.4 is 0 Å². The molecular weight excluding hydrogens is 261 g/mol. The summed E-state index contributed by atoms with van der Waals surface area (Å²) in [5.74, 6) is -1.66. The van der Waals surface area contributed by atoms with Gasteiger partial charge in [-0.25, -0.2) is 13.9 Å². The number of halogens is 2. The SMILES string of the molecule is Cc1c(C(=O)O)nnn1Cc1ccc(Cl)c(F)c1. The molecule has 2 aromatic rings. The monoisotopic (exact) mass is 269 g/mol. The second-order valence-corrected chi connectivity index (χ2v) is 4.14. The zero-order valence-electron chi connectivity index (χ0n) is 9.39. The number of hydrogen-bond donors (Lipinski definition) is 1. The molecule has 0 fully saturated rings.